The van der Waals surface area contributed by atoms with Gasteiger partial charge in [-0.2, -0.15) is 0 Å². The van der Waals surface area contributed by atoms with Gasteiger partial charge in [0.2, 0.25) is 6.29 Å². The van der Waals surface area contributed by atoms with Gasteiger partial charge >= 0.3 is 0 Å². The van der Waals surface area contributed by atoms with E-state index >= 15 is 0 Å². The fourth-order valence-electron chi connectivity index (χ4n) is 4.98. The third-order valence-corrected chi connectivity index (χ3v) is 7.39. The zero-order valence-electron chi connectivity index (χ0n) is 22.2. The summed E-state index contributed by atoms with van der Waals surface area (Å²) >= 11 is 0. The van der Waals surface area contributed by atoms with Gasteiger partial charge in [0.1, 0.15) is 77.4 Å². The number of Topliss-reactive ketones (excluding diaryl/α,β-unsaturated/α-hetero) is 1. The third-order valence-electron chi connectivity index (χ3n) is 7.39. The van der Waals surface area contributed by atoms with E-state index in [1.807, 2.05) is 0 Å². The first-order chi connectivity index (χ1) is 19.4. The van der Waals surface area contributed by atoms with Crippen LogP contribution in [0.25, 0.3) is 0 Å². The first-order valence-electron chi connectivity index (χ1n) is 13.0. The van der Waals surface area contributed by atoms with E-state index in [9.17, 15) is 45.6 Å². The standard InChI is InChI=1S/C27H32O14.ClH/c1-10-20(31)22(33)24(35)26(38-10)37-9-18-21(32)23(34)25(36)27(41-18)39-13-6-14(29)19-15(30)8-16(40-17(19)7-13)11-2-4-12(28)5-3-11;/h2-7,10,16,18,20-29,31-36H,8-9H2,1H3;1H/t10-,16?,18+,20-,21+,22+,23-,24+,25+,26+,27+;/m0./s1. The number of aliphatic hydroxyl groups excluding tert-OH is 6. The number of hydrogen-bond donors (Lipinski definition) is 8. The molecule has 42 heavy (non-hydrogen) atoms. The monoisotopic (exact) mass is 616 g/mol. The van der Waals surface area contributed by atoms with Crippen LogP contribution in [0.4, 0.5) is 0 Å². The summed E-state index contributed by atoms with van der Waals surface area (Å²) in [6, 6.07) is 8.51. The molecule has 232 valence electrons. The van der Waals surface area contributed by atoms with E-state index in [1.54, 1.807) is 12.1 Å². The Morgan fingerprint density at radius 3 is 2.17 bits per heavy atom. The van der Waals surface area contributed by atoms with E-state index in [1.165, 1.54) is 25.1 Å². The van der Waals surface area contributed by atoms with Crippen molar-refractivity contribution >= 4 is 18.2 Å². The van der Waals surface area contributed by atoms with Crippen LogP contribution < -0.4 is 9.47 Å². The summed E-state index contributed by atoms with van der Waals surface area (Å²) in [6.45, 7) is 0.980. The maximum Gasteiger partial charge on any atom is 0.229 e. The number of ketones is 1. The molecule has 3 aliphatic rings. The molecule has 2 saturated heterocycles. The maximum atomic E-state index is 12.8. The number of aromatic hydroxyl groups is 2. The molecule has 5 rings (SSSR count). The Kier molecular flexibility index (Phi) is 9.84. The van der Waals surface area contributed by atoms with Crippen molar-refractivity contribution in [1.29, 1.82) is 0 Å². The average molecular weight is 617 g/mol. The number of fused-ring (bicyclic) bond motifs is 1. The summed E-state index contributed by atoms with van der Waals surface area (Å²) in [7, 11) is 0. The van der Waals surface area contributed by atoms with Crippen LogP contribution in [0.15, 0.2) is 36.4 Å². The Bertz CT molecular complexity index is 1240. The van der Waals surface area contributed by atoms with Gasteiger partial charge in [-0.15, -0.1) is 12.4 Å². The second-order valence-corrected chi connectivity index (χ2v) is 10.3. The summed E-state index contributed by atoms with van der Waals surface area (Å²) < 4.78 is 28.0. The molecule has 3 heterocycles. The minimum atomic E-state index is -1.76. The minimum absolute atomic E-state index is 0. The quantitative estimate of drug-likeness (QED) is 0.200. The summed E-state index contributed by atoms with van der Waals surface area (Å²) in [5.41, 5.74) is 0.550. The number of hydrogen-bond acceptors (Lipinski definition) is 14. The molecular formula is C27H33ClO14. The fraction of sp³-hybridized carbons (Fsp3) is 0.519. The number of ether oxygens (including phenoxy) is 5. The normalized spacial score (nSPS) is 36.4. The van der Waals surface area contributed by atoms with E-state index in [0.29, 0.717) is 5.56 Å². The summed E-state index contributed by atoms with van der Waals surface area (Å²) in [6.07, 6.45) is -15.6. The summed E-state index contributed by atoms with van der Waals surface area (Å²) in [5, 5.41) is 81.5. The van der Waals surface area contributed by atoms with E-state index < -0.39 is 85.7 Å². The number of phenolic OH excluding ortho intramolecular Hbond substituents is 2. The number of carbonyl (C=O) groups excluding carboxylic acids is 1. The van der Waals surface area contributed by atoms with E-state index in [-0.39, 0.29) is 41.6 Å². The number of halogens is 1. The van der Waals surface area contributed by atoms with Gasteiger partial charge in [0.25, 0.3) is 0 Å². The number of benzene rings is 2. The molecule has 2 aromatic carbocycles. The Labute approximate surface area is 245 Å². The number of aliphatic hydroxyl groups is 6. The van der Waals surface area contributed by atoms with Gasteiger partial charge in [0.05, 0.1) is 19.1 Å². The lowest BCUT2D eigenvalue weighted by Crippen LogP contribution is -2.61. The van der Waals surface area contributed by atoms with Gasteiger partial charge in [-0.1, -0.05) is 12.1 Å². The molecular weight excluding hydrogens is 584 g/mol. The molecule has 1 unspecified atom stereocenters. The number of carbonyl (C=O) groups is 1. The molecule has 0 amide bonds. The predicted molar refractivity (Wildman–Crippen MR) is 141 cm³/mol. The van der Waals surface area contributed by atoms with Crippen molar-refractivity contribution in [2.75, 3.05) is 6.61 Å². The molecule has 0 bridgehead atoms. The van der Waals surface area contributed by atoms with Crippen LogP contribution in [0.3, 0.4) is 0 Å². The first kappa shape index (κ1) is 32.2. The molecule has 2 aromatic rings. The summed E-state index contributed by atoms with van der Waals surface area (Å²) in [4.78, 5) is 12.8. The van der Waals surface area contributed by atoms with Gasteiger partial charge in [-0.3, -0.25) is 4.79 Å². The molecule has 0 spiro atoms. The van der Waals surface area contributed by atoms with Crippen LogP contribution >= 0.6 is 12.4 Å². The number of rotatable bonds is 6. The second kappa shape index (κ2) is 12.9. The van der Waals surface area contributed by atoms with Crippen LogP contribution in [0, 0.1) is 0 Å². The molecule has 0 aromatic heterocycles. The van der Waals surface area contributed by atoms with E-state index in [2.05, 4.69) is 0 Å². The minimum Gasteiger partial charge on any atom is -0.508 e. The zero-order valence-corrected chi connectivity index (χ0v) is 23.0. The van der Waals surface area contributed by atoms with Gasteiger partial charge < -0.3 is 64.5 Å². The largest absolute Gasteiger partial charge is 0.508 e. The number of phenols is 2. The summed E-state index contributed by atoms with van der Waals surface area (Å²) in [5.74, 6) is -0.893. The third kappa shape index (κ3) is 6.28. The van der Waals surface area contributed by atoms with Crippen molar-refractivity contribution in [3.05, 3.63) is 47.5 Å². The first-order valence-corrected chi connectivity index (χ1v) is 13.0. The van der Waals surface area contributed by atoms with Gasteiger partial charge in [0, 0.05) is 12.1 Å². The highest BCUT2D eigenvalue weighted by Gasteiger charge is 2.47. The Morgan fingerprint density at radius 1 is 0.833 bits per heavy atom. The molecule has 2 fully saturated rings. The van der Waals surface area contributed by atoms with Crippen LogP contribution in [-0.4, -0.2) is 115 Å². The lowest BCUT2D eigenvalue weighted by atomic mass is 9.95. The second-order valence-electron chi connectivity index (χ2n) is 10.3. The molecule has 3 aliphatic heterocycles. The SMILES string of the molecule is C[C@@H]1O[C@@H](OC[C@H]2O[C@@H](Oc3cc(O)c4c(c3)OC(c3ccc(O)cc3)CC4=O)[C@H](O)[C@@H](O)[C@@H]2O)[C@H](O)[C@H](O)[C@H]1O.Cl. The van der Waals surface area contributed by atoms with Gasteiger partial charge in [-0.05, 0) is 24.6 Å². The maximum absolute atomic E-state index is 12.8. The Balaban J connectivity index is 0.00000405. The van der Waals surface area contributed by atoms with Crippen LogP contribution in [0.2, 0.25) is 0 Å². The highest BCUT2D eigenvalue weighted by atomic mass is 35.5. The van der Waals surface area contributed by atoms with Crippen LogP contribution in [0.5, 0.6) is 23.0 Å². The van der Waals surface area contributed by atoms with E-state index in [0.717, 1.165) is 6.07 Å². The molecule has 15 heteroatoms. The Hall–Kier alpha value is -2.76. The van der Waals surface area contributed by atoms with Crippen LogP contribution in [0.1, 0.15) is 35.4 Å². The highest BCUT2D eigenvalue weighted by molar-refractivity contribution is 6.02. The topological polar surface area (TPSA) is 225 Å². The fourth-order valence-corrected chi connectivity index (χ4v) is 4.98. The molecule has 11 atom stereocenters. The molecule has 0 radical (unpaired) electrons. The van der Waals surface area contributed by atoms with Gasteiger partial charge in [0.15, 0.2) is 12.1 Å². The molecule has 8 N–H and O–H groups in total. The van der Waals surface area contributed by atoms with Crippen molar-refractivity contribution in [1.82, 2.24) is 0 Å². The van der Waals surface area contributed by atoms with E-state index in [4.69, 9.17) is 23.7 Å². The van der Waals surface area contributed by atoms with Crippen molar-refractivity contribution in [3.63, 3.8) is 0 Å². The molecule has 14 nitrogen and oxygen atoms in total. The molecule has 0 aliphatic carbocycles. The van der Waals surface area contributed by atoms with Gasteiger partial charge in [-0.25, -0.2) is 0 Å². The van der Waals surface area contributed by atoms with Crippen molar-refractivity contribution in [2.24, 2.45) is 0 Å². The van der Waals surface area contributed by atoms with Crippen molar-refractivity contribution in [2.45, 2.75) is 80.9 Å². The average Bonchev–Trinajstić information content (AvgIpc) is 2.94. The molecule has 0 saturated carbocycles. The lowest BCUT2D eigenvalue weighted by Gasteiger charge is -2.42. The predicted octanol–water partition coefficient (Wildman–Crippen LogP) is -0.743. The van der Waals surface area contributed by atoms with Crippen molar-refractivity contribution < 1.29 is 69.3 Å². The zero-order chi connectivity index (χ0) is 29.6. The Morgan fingerprint density at radius 2 is 1.48 bits per heavy atom. The van der Waals surface area contributed by atoms with Crippen molar-refractivity contribution in [3.8, 4) is 23.0 Å². The highest BCUT2D eigenvalue weighted by Crippen LogP contribution is 2.42. The van der Waals surface area contributed by atoms with Crippen LogP contribution in [-0.2, 0) is 14.2 Å². The smallest absolute Gasteiger partial charge is 0.229 e. The lowest BCUT2D eigenvalue weighted by molar-refractivity contribution is -0.318.